The number of nitrogens with zero attached hydrogens (tertiary/aromatic N) is 2. The van der Waals surface area contributed by atoms with Gasteiger partial charge in [-0.2, -0.15) is 0 Å². The van der Waals surface area contributed by atoms with Crippen molar-refractivity contribution in [2.75, 3.05) is 0 Å². The van der Waals surface area contributed by atoms with Gasteiger partial charge in [0.05, 0.1) is 6.17 Å². The van der Waals surface area contributed by atoms with E-state index in [0.29, 0.717) is 12.2 Å². The Labute approximate surface area is 374 Å². The minimum Gasteiger partial charge on any atom is -0.299 e. The van der Waals surface area contributed by atoms with E-state index in [4.69, 9.17) is 0 Å². The number of hydrogen-bond acceptors (Lipinski definition) is 4. The van der Waals surface area contributed by atoms with Gasteiger partial charge in [0.15, 0.2) is 0 Å². The highest BCUT2D eigenvalue weighted by atomic mass is 19.1. The molecule has 5 heteroatoms. The summed E-state index contributed by atoms with van der Waals surface area (Å²) >= 11 is 0. The van der Waals surface area contributed by atoms with E-state index in [-0.39, 0.29) is 0 Å². The Kier molecular flexibility index (Phi) is 12.7. The highest BCUT2D eigenvalue weighted by molar-refractivity contribution is 5.10. The lowest BCUT2D eigenvalue weighted by molar-refractivity contribution is 0.0150. The fraction of sp³-hybridized carbons (Fsp3) is 1.00. The zero-order chi connectivity index (χ0) is 40.4. The molecule has 344 valence electrons. The summed E-state index contributed by atoms with van der Waals surface area (Å²) in [5.74, 6) is 10.7. The van der Waals surface area contributed by atoms with Crippen LogP contribution in [0.25, 0.3) is 0 Å². The number of halogens is 1. The first-order valence-electron chi connectivity index (χ1n) is 28.9. The second-order valence-corrected chi connectivity index (χ2v) is 25.5. The van der Waals surface area contributed by atoms with Crippen LogP contribution in [-0.4, -0.2) is 70.5 Å². The maximum absolute atomic E-state index is 14.8. The van der Waals surface area contributed by atoms with Gasteiger partial charge in [-0.05, 0) is 232 Å². The van der Waals surface area contributed by atoms with Crippen LogP contribution in [0, 0.1) is 65.1 Å². The number of alkyl halides is 1. The van der Waals surface area contributed by atoms with E-state index < -0.39 is 6.17 Å². The van der Waals surface area contributed by atoms with Crippen LogP contribution in [0.4, 0.5) is 4.39 Å². The van der Waals surface area contributed by atoms with Gasteiger partial charge in [-0.1, -0.05) is 57.8 Å². The molecule has 0 spiro atoms. The summed E-state index contributed by atoms with van der Waals surface area (Å²) in [5.41, 5.74) is 0. The monoisotopic (exact) mass is 841 g/mol. The molecule has 4 nitrogen and oxygen atoms in total. The first kappa shape index (κ1) is 42.1. The first-order valence-corrected chi connectivity index (χ1v) is 28.9. The molecule has 3 aliphatic heterocycles. The minimum atomic E-state index is -0.534. The Balaban J connectivity index is 0.654. The summed E-state index contributed by atoms with van der Waals surface area (Å²) in [4.78, 5) is 6.34. The van der Waals surface area contributed by atoms with Crippen molar-refractivity contribution in [1.82, 2.24) is 20.4 Å². The quantitative estimate of drug-likeness (QED) is 0.279. The van der Waals surface area contributed by atoms with Gasteiger partial charge in [0.25, 0.3) is 0 Å². The summed E-state index contributed by atoms with van der Waals surface area (Å²) in [6.07, 6.45) is 50.6. The summed E-state index contributed by atoms with van der Waals surface area (Å²) < 4.78 is 14.8. The van der Waals surface area contributed by atoms with Gasteiger partial charge in [-0.3, -0.25) is 20.4 Å². The standard InChI is InChI=1S/C56H93FN4/c57-42-13-10-14-44(35-42)61-52-20-9-6-16-46(52)49-34-41(28-32-54(49)61)37-23-21-36(22-24-37)40-27-31-53-48(33-40)45-15-5-8-19-51(45)60(53)43-29-25-39(26-30-43)56-58-50-18-7-4-17-47(50)55(59-56)38-11-2-1-3-12-38/h36-56,58-59H,1-35H2. The highest BCUT2D eigenvalue weighted by Gasteiger charge is 2.56. The molecule has 61 heavy (non-hydrogen) atoms. The van der Waals surface area contributed by atoms with E-state index in [1.807, 2.05) is 0 Å². The Morgan fingerprint density at radius 2 is 0.820 bits per heavy atom. The van der Waals surface area contributed by atoms with E-state index in [1.165, 1.54) is 161 Å². The highest BCUT2D eigenvalue weighted by Crippen LogP contribution is 2.58. The summed E-state index contributed by atoms with van der Waals surface area (Å²) in [7, 11) is 0. The lowest BCUT2D eigenvalue weighted by Crippen LogP contribution is -2.68. The van der Waals surface area contributed by atoms with E-state index in [2.05, 4.69) is 20.4 Å². The molecule has 16 atom stereocenters. The predicted octanol–water partition coefficient (Wildman–Crippen LogP) is 13.0. The Bertz CT molecular complexity index is 1430. The van der Waals surface area contributed by atoms with Gasteiger partial charge < -0.3 is 0 Å². The Hall–Kier alpha value is -0.230. The second-order valence-electron chi connectivity index (χ2n) is 25.5. The van der Waals surface area contributed by atoms with Crippen molar-refractivity contribution in [1.29, 1.82) is 0 Å². The lowest BCUT2D eigenvalue weighted by Gasteiger charge is -2.52. The third kappa shape index (κ3) is 8.12. The fourth-order valence-corrected chi connectivity index (χ4v) is 20.4. The maximum Gasteiger partial charge on any atom is 0.102 e. The van der Waals surface area contributed by atoms with Crippen molar-refractivity contribution in [2.45, 2.75) is 285 Å². The Morgan fingerprint density at radius 3 is 1.44 bits per heavy atom. The normalized spacial score (nSPS) is 52.7. The SMILES string of the molecule is FC1CCCC(N2C3CCCCC3C3CC(C4CCC(C5CCC6C(C5)C5CCCCC5N6C5CCC(C6NC7CCCCC7C(C7CCCCC7)N6)CC5)CC4)CCC32)C1. The fourth-order valence-electron chi connectivity index (χ4n) is 20.4. The number of hydrogen-bond donors (Lipinski definition) is 2. The van der Waals surface area contributed by atoms with Gasteiger partial charge in [-0.15, -0.1) is 0 Å². The number of rotatable bonds is 6. The smallest absolute Gasteiger partial charge is 0.102 e. The third-order valence-electron chi connectivity index (χ3n) is 23.0. The molecule has 12 rings (SSSR count). The van der Waals surface area contributed by atoms with Crippen LogP contribution >= 0.6 is 0 Å². The van der Waals surface area contributed by atoms with Crippen molar-refractivity contribution in [2.24, 2.45) is 65.1 Å². The van der Waals surface area contributed by atoms with Gasteiger partial charge in [0.2, 0.25) is 0 Å². The van der Waals surface area contributed by atoms with E-state index >= 15 is 0 Å². The summed E-state index contributed by atoms with van der Waals surface area (Å²) in [5, 5.41) is 8.74. The van der Waals surface area contributed by atoms with Crippen molar-refractivity contribution in [3.8, 4) is 0 Å². The average molecular weight is 841 g/mol. The second kappa shape index (κ2) is 18.5. The zero-order valence-electron chi connectivity index (χ0n) is 39.1. The molecule has 3 saturated heterocycles. The van der Waals surface area contributed by atoms with Gasteiger partial charge in [-0.25, -0.2) is 4.39 Å². The molecule has 0 radical (unpaired) electrons. The van der Waals surface area contributed by atoms with E-state index in [9.17, 15) is 4.39 Å². The van der Waals surface area contributed by atoms with Crippen molar-refractivity contribution < 1.29 is 4.39 Å². The van der Waals surface area contributed by atoms with Crippen LogP contribution in [0.5, 0.6) is 0 Å². The Morgan fingerprint density at radius 1 is 0.311 bits per heavy atom. The van der Waals surface area contributed by atoms with Crippen LogP contribution in [-0.2, 0) is 0 Å². The van der Waals surface area contributed by atoms with E-state index in [0.717, 1.165) is 127 Å². The lowest BCUT2D eigenvalue weighted by atomic mass is 9.61. The molecule has 0 aromatic rings. The van der Waals surface area contributed by atoms with Gasteiger partial charge in [0.1, 0.15) is 6.17 Å². The van der Waals surface area contributed by atoms with Gasteiger partial charge in [0, 0.05) is 48.3 Å². The maximum atomic E-state index is 14.8. The largest absolute Gasteiger partial charge is 0.299 e. The van der Waals surface area contributed by atoms with E-state index in [1.54, 1.807) is 44.9 Å². The van der Waals surface area contributed by atoms with Crippen LogP contribution in [0.3, 0.4) is 0 Å². The molecular weight excluding hydrogens is 748 g/mol. The van der Waals surface area contributed by atoms with Crippen LogP contribution in [0.1, 0.15) is 225 Å². The molecular formula is C56H93FN4. The average Bonchev–Trinajstić information content (AvgIpc) is 3.84. The number of nitrogens with one attached hydrogen (secondary N) is 2. The molecule has 12 aliphatic rings. The molecule has 3 heterocycles. The first-order chi connectivity index (χ1) is 30.1. The number of likely N-dealkylation sites (tertiary alicyclic amines) is 2. The molecule has 0 bridgehead atoms. The molecule has 9 saturated carbocycles. The van der Waals surface area contributed by atoms with Crippen LogP contribution in [0.15, 0.2) is 0 Å². The summed E-state index contributed by atoms with van der Waals surface area (Å²) in [6.45, 7) is 0. The molecule has 2 N–H and O–H groups in total. The molecule has 0 aromatic heterocycles. The molecule has 0 aromatic carbocycles. The summed E-state index contributed by atoms with van der Waals surface area (Å²) in [6, 6.07) is 6.45. The molecule has 16 unspecified atom stereocenters. The van der Waals surface area contributed by atoms with Crippen molar-refractivity contribution in [3.05, 3.63) is 0 Å². The minimum absolute atomic E-state index is 0.534. The van der Waals surface area contributed by atoms with Crippen LogP contribution in [0.2, 0.25) is 0 Å². The third-order valence-corrected chi connectivity index (χ3v) is 23.0. The topological polar surface area (TPSA) is 30.5 Å². The zero-order valence-corrected chi connectivity index (χ0v) is 39.1. The molecule has 12 fully saturated rings. The molecule has 9 aliphatic carbocycles. The van der Waals surface area contributed by atoms with Crippen molar-refractivity contribution in [3.63, 3.8) is 0 Å². The van der Waals surface area contributed by atoms with Gasteiger partial charge >= 0.3 is 0 Å². The number of fused-ring (bicyclic) bond motifs is 7. The molecule has 0 amide bonds. The predicted molar refractivity (Wildman–Crippen MR) is 249 cm³/mol. The van der Waals surface area contributed by atoms with Crippen molar-refractivity contribution >= 4 is 0 Å². The van der Waals surface area contributed by atoms with Crippen LogP contribution < -0.4 is 10.6 Å².